The lowest BCUT2D eigenvalue weighted by Gasteiger charge is -2.16. The van der Waals surface area contributed by atoms with Crippen LogP contribution < -0.4 is 0 Å². The molecule has 0 spiro atoms. The highest BCUT2D eigenvalue weighted by Gasteiger charge is 2.21. The molecule has 0 saturated heterocycles. The van der Waals surface area contributed by atoms with E-state index in [-0.39, 0.29) is 5.69 Å². The van der Waals surface area contributed by atoms with Gasteiger partial charge >= 0.3 is 0 Å². The molecule has 1 heterocycles. The predicted octanol–water partition coefficient (Wildman–Crippen LogP) is 2.05. The molecule has 4 heteroatoms. The zero-order chi connectivity index (χ0) is 9.35. The topological polar surface area (TPSA) is 25.8 Å². The molecule has 1 rings (SSSR count). The first-order valence-corrected chi connectivity index (χ1v) is 3.60. The van der Waals surface area contributed by atoms with Gasteiger partial charge in [0.2, 0.25) is 5.95 Å². The fourth-order valence-corrected chi connectivity index (χ4v) is 0.856. The van der Waals surface area contributed by atoms with Crippen molar-refractivity contribution in [3.8, 4) is 0 Å². The quantitative estimate of drug-likeness (QED) is 0.598. The molecule has 0 aliphatic carbocycles. The van der Waals surface area contributed by atoms with Crippen molar-refractivity contribution in [1.82, 2.24) is 10.2 Å². The van der Waals surface area contributed by atoms with E-state index >= 15 is 0 Å². The molecule has 1 aromatic heterocycles. The number of aromatic nitrogens is 2. The van der Waals surface area contributed by atoms with Crippen molar-refractivity contribution in [1.29, 1.82) is 0 Å². The van der Waals surface area contributed by atoms with E-state index in [1.54, 1.807) is 20.8 Å². The van der Waals surface area contributed by atoms with Crippen molar-refractivity contribution in [2.24, 2.45) is 0 Å². The van der Waals surface area contributed by atoms with Gasteiger partial charge in [-0.25, -0.2) is 4.39 Å². The van der Waals surface area contributed by atoms with Crippen LogP contribution >= 0.6 is 0 Å². The third-order valence-electron chi connectivity index (χ3n) is 1.43. The van der Waals surface area contributed by atoms with Crippen LogP contribution in [0, 0.1) is 11.8 Å². The third-order valence-corrected chi connectivity index (χ3v) is 1.43. The molecule has 0 radical (unpaired) electrons. The van der Waals surface area contributed by atoms with E-state index in [9.17, 15) is 8.78 Å². The molecular weight excluding hydrogens is 162 g/mol. The van der Waals surface area contributed by atoms with Crippen molar-refractivity contribution in [3.63, 3.8) is 0 Å². The van der Waals surface area contributed by atoms with Gasteiger partial charge in [-0.15, -0.1) is 10.2 Å². The highest BCUT2D eigenvalue weighted by molar-refractivity contribution is 5.13. The van der Waals surface area contributed by atoms with E-state index in [2.05, 4.69) is 10.2 Å². The fourth-order valence-electron chi connectivity index (χ4n) is 0.856. The molecule has 0 aliphatic rings. The van der Waals surface area contributed by atoms with Crippen LogP contribution in [0.1, 0.15) is 26.5 Å². The van der Waals surface area contributed by atoms with Crippen LogP contribution in [-0.2, 0) is 5.41 Å². The van der Waals surface area contributed by atoms with E-state index in [0.29, 0.717) is 0 Å². The summed E-state index contributed by atoms with van der Waals surface area (Å²) in [5, 5.41) is 6.60. The van der Waals surface area contributed by atoms with Gasteiger partial charge in [0.25, 0.3) is 0 Å². The van der Waals surface area contributed by atoms with Gasteiger partial charge in [0.15, 0.2) is 5.82 Å². The average molecular weight is 172 g/mol. The highest BCUT2D eigenvalue weighted by Crippen LogP contribution is 2.21. The lowest BCUT2D eigenvalue weighted by atomic mass is 9.92. The molecule has 0 bridgehead atoms. The molecule has 2 nitrogen and oxygen atoms in total. The minimum absolute atomic E-state index is 0.184. The molecule has 0 fully saturated rings. The normalized spacial score (nSPS) is 11.8. The Bertz CT molecular complexity index is 292. The fraction of sp³-hybridized carbons (Fsp3) is 0.500. The number of hydrogen-bond acceptors (Lipinski definition) is 2. The smallest absolute Gasteiger partial charge is 0.205 e. The second-order valence-electron chi connectivity index (χ2n) is 3.61. The lowest BCUT2D eigenvalue weighted by Crippen LogP contribution is -2.17. The number of hydrogen-bond donors (Lipinski definition) is 0. The molecule has 0 N–H and O–H groups in total. The second kappa shape index (κ2) is 2.77. The Labute approximate surface area is 69.6 Å². The highest BCUT2D eigenvalue weighted by atomic mass is 19.1. The van der Waals surface area contributed by atoms with Crippen LogP contribution in [0.4, 0.5) is 8.78 Å². The summed E-state index contributed by atoms with van der Waals surface area (Å²) >= 11 is 0. The van der Waals surface area contributed by atoms with Crippen molar-refractivity contribution in [2.45, 2.75) is 26.2 Å². The molecule has 0 saturated carbocycles. The monoisotopic (exact) mass is 172 g/mol. The summed E-state index contributed by atoms with van der Waals surface area (Å²) < 4.78 is 25.3. The average Bonchev–Trinajstić information content (AvgIpc) is 1.83. The van der Waals surface area contributed by atoms with Crippen molar-refractivity contribution < 1.29 is 8.78 Å². The number of rotatable bonds is 0. The first-order valence-electron chi connectivity index (χ1n) is 3.60. The molecule has 0 unspecified atom stereocenters. The summed E-state index contributed by atoms with van der Waals surface area (Å²) in [5.41, 5.74) is -0.256. The van der Waals surface area contributed by atoms with Gasteiger partial charge in [0, 0.05) is 11.5 Å². The number of halogens is 2. The van der Waals surface area contributed by atoms with Gasteiger partial charge in [-0.2, -0.15) is 4.39 Å². The molecule has 1 aromatic rings. The van der Waals surface area contributed by atoms with E-state index in [1.807, 2.05) is 0 Å². The van der Waals surface area contributed by atoms with E-state index in [1.165, 1.54) is 0 Å². The second-order valence-corrected chi connectivity index (χ2v) is 3.61. The van der Waals surface area contributed by atoms with Gasteiger partial charge in [-0.3, -0.25) is 0 Å². The summed E-state index contributed by atoms with van der Waals surface area (Å²) in [4.78, 5) is 0. The van der Waals surface area contributed by atoms with Gasteiger partial charge in [0.1, 0.15) is 5.69 Å². The molecule has 12 heavy (non-hydrogen) atoms. The van der Waals surface area contributed by atoms with Crippen LogP contribution in [0.3, 0.4) is 0 Å². The van der Waals surface area contributed by atoms with Gasteiger partial charge < -0.3 is 0 Å². The van der Waals surface area contributed by atoms with E-state index in [4.69, 9.17) is 0 Å². The van der Waals surface area contributed by atoms with Crippen LogP contribution in [0.15, 0.2) is 6.07 Å². The first kappa shape index (κ1) is 9.03. The Morgan fingerprint density at radius 1 is 1.17 bits per heavy atom. The standard InChI is InChI=1S/C8H10F2N2/c1-8(2,3)7-5(9)4-6(10)11-12-7/h4H,1-3H3. The van der Waals surface area contributed by atoms with Crippen LogP contribution in [0.2, 0.25) is 0 Å². The molecule has 0 atom stereocenters. The molecule has 0 amide bonds. The van der Waals surface area contributed by atoms with Gasteiger partial charge in [0.05, 0.1) is 0 Å². The zero-order valence-electron chi connectivity index (χ0n) is 7.23. The maximum atomic E-state index is 13.0. The van der Waals surface area contributed by atoms with Crippen LogP contribution in [0.5, 0.6) is 0 Å². The molecule has 66 valence electrons. The molecule has 0 aromatic carbocycles. The summed E-state index contributed by atoms with van der Waals surface area (Å²) in [6.07, 6.45) is 0. The van der Waals surface area contributed by atoms with E-state index in [0.717, 1.165) is 6.07 Å². The Hall–Kier alpha value is -1.06. The summed E-state index contributed by atoms with van der Waals surface area (Å²) in [6.45, 7) is 5.37. The largest absolute Gasteiger partial charge is 0.236 e. The Morgan fingerprint density at radius 2 is 1.75 bits per heavy atom. The number of nitrogens with zero attached hydrogens (tertiary/aromatic N) is 2. The maximum Gasteiger partial charge on any atom is 0.236 e. The Balaban J connectivity index is 3.19. The summed E-state index contributed by atoms with van der Waals surface area (Å²) in [6, 6.07) is 0.744. The Kier molecular flexibility index (Phi) is 2.08. The van der Waals surface area contributed by atoms with Gasteiger partial charge in [-0.1, -0.05) is 20.8 Å². The summed E-state index contributed by atoms with van der Waals surface area (Å²) in [7, 11) is 0. The van der Waals surface area contributed by atoms with Gasteiger partial charge in [-0.05, 0) is 0 Å². The Morgan fingerprint density at radius 3 is 2.17 bits per heavy atom. The minimum atomic E-state index is -0.888. The molecule has 0 aliphatic heterocycles. The van der Waals surface area contributed by atoms with E-state index < -0.39 is 17.2 Å². The van der Waals surface area contributed by atoms with Crippen LogP contribution in [0.25, 0.3) is 0 Å². The predicted molar refractivity (Wildman–Crippen MR) is 40.6 cm³/mol. The summed E-state index contributed by atoms with van der Waals surface area (Å²) in [5.74, 6) is -1.53. The minimum Gasteiger partial charge on any atom is -0.205 e. The van der Waals surface area contributed by atoms with Crippen molar-refractivity contribution in [2.75, 3.05) is 0 Å². The third kappa shape index (κ3) is 1.75. The zero-order valence-corrected chi connectivity index (χ0v) is 7.23. The first-order chi connectivity index (χ1) is 5.41. The van der Waals surface area contributed by atoms with Crippen LogP contribution in [-0.4, -0.2) is 10.2 Å². The SMILES string of the molecule is CC(C)(C)c1nnc(F)cc1F. The lowest BCUT2D eigenvalue weighted by molar-refractivity contribution is 0.462. The van der Waals surface area contributed by atoms with Crippen molar-refractivity contribution >= 4 is 0 Å². The van der Waals surface area contributed by atoms with Crippen molar-refractivity contribution in [3.05, 3.63) is 23.5 Å². The maximum absolute atomic E-state index is 13.0. The molecular formula is C8H10F2N2.